The first kappa shape index (κ1) is 23.0. The zero-order valence-electron chi connectivity index (χ0n) is 17.4. The lowest BCUT2D eigenvalue weighted by molar-refractivity contribution is -0.121. The number of ether oxygens (including phenoxy) is 2. The van der Waals surface area contributed by atoms with E-state index in [4.69, 9.17) is 9.47 Å². The third-order valence-electron chi connectivity index (χ3n) is 4.92. The van der Waals surface area contributed by atoms with E-state index in [0.29, 0.717) is 61.5 Å². The van der Waals surface area contributed by atoms with E-state index in [1.807, 2.05) is 0 Å². The summed E-state index contributed by atoms with van der Waals surface area (Å²) in [4.78, 5) is 12.1. The van der Waals surface area contributed by atoms with Gasteiger partial charge in [-0.15, -0.1) is 0 Å². The van der Waals surface area contributed by atoms with E-state index >= 15 is 0 Å². The molecule has 7 nitrogen and oxygen atoms in total. The molecule has 2 N–H and O–H groups in total. The Morgan fingerprint density at radius 1 is 1.03 bits per heavy atom. The summed E-state index contributed by atoms with van der Waals surface area (Å²) in [6.07, 6.45) is 2.29. The molecule has 168 valence electrons. The van der Waals surface area contributed by atoms with Crippen LogP contribution >= 0.6 is 0 Å². The van der Waals surface area contributed by atoms with Gasteiger partial charge in [-0.25, -0.2) is 17.5 Å². The monoisotopic (exact) mass is 450 g/mol. The Labute approximate surface area is 182 Å². The predicted octanol–water partition coefficient (Wildman–Crippen LogP) is 3.06. The molecular formula is C22H27FN2O5S. The van der Waals surface area contributed by atoms with Crippen LogP contribution in [-0.2, 0) is 21.4 Å². The smallest absolute Gasteiger partial charge is 0.240 e. The van der Waals surface area contributed by atoms with E-state index in [1.54, 1.807) is 25.1 Å². The van der Waals surface area contributed by atoms with Crippen LogP contribution in [-0.4, -0.2) is 34.1 Å². The molecular weight excluding hydrogens is 423 g/mol. The maximum Gasteiger partial charge on any atom is 0.240 e. The van der Waals surface area contributed by atoms with Crippen LogP contribution in [0.2, 0.25) is 0 Å². The summed E-state index contributed by atoms with van der Waals surface area (Å²) in [6, 6.07) is 9.42. The van der Waals surface area contributed by atoms with Gasteiger partial charge in [0.2, 0.25) is 15.9 Å². The number of carbonyl (C=O) groups is 1. The number of nitrogens with one attached hydrogen (secondary N) is 2. The number of carbonyl (C=O) groups excluding carboxylic acids is 1. The number of halogens is 1. The molecule has 0 fully saturated rings. The number of hydrogen-bond donors (Lipinski definition) is 2. The lowest BCUT2D eigenvalue weighted by Crippen LogP contribution is -2.25. The number of unbranched alkanes of at least 4 members (excludes halogenated alkanes) is 2. The van der Waals surface area contributed by atoms with Crippen LogP contribution in [0.3, 0.4) is 0 Å². The summed E-state index contributed by atoms with van der Waals surface area (Å²) in [5, 5.41) is 2.77. The number of fused-ring (bicyclic) bond motifs is 1. The molecule has 3 rings (SSSR count). The van der Waals surface area contributed by atoms with Gasteiger partial charge in [-0.1, -0.05) is 18.6 Å². The Balaban J connectivity index is 1.33. The highest BCUT2D eigenvalue weighted by molar-refractivity contribution is 7.89. The molecule has 0 bridgehead atoms. The first-order valence-corrected chi connectivity index (χ1v) is 11.7. The average Bonchev–Trinajstić information content (AvgIpc) is 2.76. The molecule has 0 aromatic heterocycles. The Bertz CT molecular complexity index is 1030. The van der Waals surface area contributed by atoms with Crippen LogP contribution in [0.1, 0.15) is 36.8 Å². The number of rotatable bonds is 10. The fourth-order valence-corrected chi connectivity index (χ4v) is 4.19. The predicted molar refractivity (Wildman–Crippen MR) is 114 cm³/mol. The van der Waals surface area contributed by atoms with Crippen LogP contribution in [0, 0.1) is 12.7 Å². The number of amides is 1. The van der Waals surface area contributed by atoms with Crippen molar-refractivity contribution in [2.45, 2.75) is 44.0 Å². The van der Waals surface area contributed by atoms with Crippen molar-refractivity contribution in [2.24, 2.45) is 0 Å². The standard InChI is InChI=1S/C22H27FN2O5S/c1-16-6-7-17(13-19(16)23)15-24-22(26)5-3-2-4-10-25-31(27,28)18-8-9-20-21(14-18)30-12-11-29-20/h6-9,13-14,25H,2-5,10-12,15H2,1H3,(H,24,26). The van der Waals surface area contributed by atoms with Crippen molar-refractivity contribution in [1.82, 2.24) is 10.0 Å². The molecule has 9 heteroatoms. The quantitative estimate of drug-likeness (QED) is 0.543. The highest BCUT2D eigenvalue weighted by Gasteiger charge is 2.18. The van der Waals surface area contributed by atoms with E-state index in [9.17, 15) is 17.6 Å². The van der Waals surface area contributed by atoms with Gasteiger partial charge in [-0.05, 0) is 49.1 Å². The minimum Gasteiger partial charge on any atom is -0.486 e. The van der Waals surface area contributed by atoms with E-state index < -0.39 is 10.0 Å². The van der Waals surface area contributed by atoms with E-state index in [2.05, 4.69) is 10.0 Å². The maximum atomic E-state index is 13.5. The summed E-state index contributed by atoms with van der Waals surface area (Å²) in [5.41, 5.74) is 1.28. The second kappa shape index (κ2) is 10.6. The van der Waals surface area contributed by atoms with Gasteiger partial charge < -0.3 is 14.8 Å². The zero-order chi connectivity index (χ0) is 22.3. The first-order chi connectivity index (χ1) is 14.8. The Morgan fingerprint density at radius 2 is 1.81 bits per heavy atom. The van der Waals surface area contributed by atoms with Crippen molar-refractivity contribution in [3.63, 3.8) is 0 Å². The summed E-state index contributed by atoms with van der Waals surface area (Å²) in [6.45, 7) is 3.08. The van der Waals surface area contributed by atoms with Gasteiger partial charge >= 0.3 is 0 Å². The summed E-state index contributed by atoms with van der Waals surface area (Å²) in [5.74, 6) is 0.563. The second-order valence-electron chi connectivity index (χ2n) is 7.37. The van der Waals surface area contributed by atoms with Crippen LogP contribution in [0.15, 0.2) is 41.3 Å². The Hall–Kier alpha value is -2.65. The van der Waals surface area contributed by atoms with Gasteiger partial charge in [-0.2, -0.15) is 0 Å². The largest absolute Gasteiger partial charge is 0.486 e. The third kappa shape index (κ3) is 6.67. The molecule has 0 unspecified atom stereocenters. The molecule has 1 amide bonds. The molecule has 0 saturated heterocycles. The van der Waals surface area contributed by atoms with Crippen molar-refractivity contribution >= 4 is 15.9 Å². The Morgan fingerprint density at radius 3 is 2.58 bits per heavy atom. The SMILES string of the molecule is Cc1ccc(CNC(=O)CCCCCNS(=O)(=O)c2ccc3c(c2)OCCO3)cc1F. The average molecular weight is 451 g/mol. The number of benzene rings is 2. The first-order valence-electron chi connectivity index (χ1n) is 10.3. The topological polar surface area (TPSA) is 93.7 Å². The fourth-order valence-electron chi connectivity index (χ4n) is 3.10. The van der Waals surface area contributed by atoms with Crippen molar-refractivity contribution in [3.8, 4) is 11.5 Å². The molecule has 2 aromatic rings. The minimum absolute atomic E-state index is 0.113. The zero-order valence-corrected chi connectivity index (χ0v) is 18.3. The second-order valence-corrected chi connectivity index (χ2v) is 9.14. The van der Waals surface area contributed by atoms with Gasteiger partial charge in [0, 0.05) is 25.6 Å². The van der Waals surface area contributed by atoms with Crippen LogP contribution in [0.5, 0.6) is 11.5 Å². The summed E-state index contributed by atoms with van der Waals surface area (Å²) in [7, 11) is -3.64. The van der Waals surface area contributed by atoms with Gasteiger partial charge in [0.25, 0.3) is 0 Å². The van der Waals surface area contributed by atoms with E-state index in [0.717, 1.165) is 0 Å². The van der Waals surface area contributed by atoms with Crippen LogP contribution < -0.4 is 19.5 Å². The third-order valence-corrected chi connectivity index (χ3v) is 6.38. The van der Waals surface area contributed by atoms with Crippen LogP contribution in [0.4, 0.5) is 4.39 Å². The van der Waals surface area contributed by atoms with Crippen molar-refractivity contribution < 1.29 is 27.1 Å². The molecule has 31 heavy (non-hydrogen) atoms. The normalized spacial score (nSPS) is 13.1. The van der Waals surface area contributed by atoms with E-state index in [-0.39, 0.29) is 29.7 Å². The number of aryl methyl sites for hydroxylation is 1. The molecule has 0 spiro atoms. The lowest BCUT2D eigenvalue weighted by atomic mass is 10.1. The maximum absolute atomic E-state index is 13.5. The van der Waals surface area contributed by atoms with Gasteiger partial charge in [0.15, 0.2) is 11.5 Å². The summed E-state index contributed by atoms with van der Waals surface area (Å²) >= 11 is 0. The van der Waals surface area contributed by atoms with Crippen molar-refractivity contribution in [3.05, 3.63) is 53.3 Å². The van der Waals surface area contributed by atoms with Crippen LogP contribution in [0.25, 0.3) is 0 Å². The molecule has 0 atom stereocenters. The van der Waals surface area contributed by atoms with Gasteiger partial charge in [0.1, 0.15) is 19.0 Å². The highest BCUT2D eigenvalue weighted by Crippen LogP contribution is 2.32. The molecule has 1 aliphatic heterocycles. The molecule has 1 heterocycles. The molecule has 0 saturated carbocycles. The fraction of sp³-hybridized carbons (Fsp3) is 0.409. The Kier molecular flexibility index (Phi) is 7.86. The minimum atomic E-state index is -3.64. The molecule has 1 aliphatic rings. The summed E-state index contributed by atoms with van der Waals surface area (Å²) < 4.78 is 51.8. The number of hydrogen-bond acceptors (Lipinski definition) is 5. The van der Waals surface area contributed by atoms with Gasteiger partial charge in [-0.3, -0.25) is 4.79 Å². The molecule has 0 radical (unpaired) electrons. The number of sulfonamides is 1. The lowest BCUT2D eigenvalue weighted by Gasteiger charge is -2.18. The van der Waals surface area contributed by atoms with Gasteiger partial charge in [0.05, 0.1) is 4.90 Å². The van der Waals surface area contributed by atoms with E-state index in [1.165, 1.54) is 18.2 Å². The van der Waals surface area contributed by atoms with Crippen molar-refractivity contribution in [1.29, 1.82) is 0 Å². The molecule has 0 aliphatic carbocycles. The molecule has 2 aromatic carbocycles. The highest BCUT2D eigenvalue weighted by atomic mass is 32.2. The van der Waals surface area contributed by atoms with Crippen molar-refractivity contribution in [2.75, 3.05) is 19.8 Å².